The highest BCUT2D eigenvalue weighted by atomic mass is 79.9. The summed E-state index contributed by atoms with van der Waals surface area (Å²) in [5.74, 6) is 0. The lowest BCUT2D eigenvalue weighted by atomic mass is 10.1. The van der Waals surface area contributed by atoms with Crippen LogP contribution in [0.3, 0.4) is 0 Å². The van der Waals surface area contributed by atoms with Crippen molar-refractivity contribution >= 4 is 15.9 Å². The molecule has 0 saturated heterocycles. The second-order valence-corrected chi connectivity index (χ2v) is 5.47. The number of pyridine rings is 1. The van der Waals surface area contributed by atoms with Crippen molar-refractivity contribution in [1.29, 1.82) is 0 Å². The van der Waals surface area contributed by atoms with Gasteiger partial charge in [-0.1, -0.05) is 6.92 Å². The van der Waals surface area contributed by atoms with Crippen LogP contribution in [0.25, 0.3) is 0 Å². The lowest BCUT2D eigenvalue weighted by Crippen LogP contribution is -2.22. The van der Waals surface area contributed by atoms with Crippen molar-refractivity contribution in [2.24, 2.45) is 7.05 Å². The molecule has 0 aliphatic carbocycles. The summed E-state index contributed by atoms with van der Waals surface area (Å²) < 4.78 is 2.96. The quantitative estimate of drug-likeness (QED) is 0.920. The fourth-order valence-electron chi connectivity index (χ4n) is 2.13. The van der Waals surface area contributed by atoms with Gasteiger partial charge in [-0.3, -0.25) is 9.67 Å². The number of rotatable bonds is 5. The van der Waals surface area contributed by atoms with Gasteiger partial charge in [0.05, 0.1) is 17.4 Å². The number of aryl methyl sites for hydroxylation is 2. The highest BCUT2D eigenvalue weighted by Gasteiger charge is 2.16. The first-order valence-corrected chi connectivity index (χ1v) is 7.23. The molecule has 5 heteroatoms. The van der Waals surface area contributed by atoms with Crippen molar-refractivity contribution in [1.82, 2.24) is 20.1 Å². The molecule has 0 aliphatic rings. The molecule has 2 aromatic heterocycles. The van der Waals surface area contributed by atoms with E-state index in [1.165, 1.54) is 5.69 Å². The van der Waals surface area contributed by atoms with Gasteiger partial charge in [-0.2, -0.15) is 5.10 Å². The number of likely N-dealkylation sites (N-methyl/N-ethyl adjacent to an activating group) is 1. The van der Waals surface area contributed by atoms with E-state index in [1.807, 2.05) is 37.1 Å². The van der Waals surface area contributed by atoms with E-state index in [0.29, 0.717) is 0 Å². The minimum Gasteiger partial charge on any atom is -0.311 e. The van der Waals surface area contributed by atoms with E-state index in [9.17, 15) is 0 Å². The minimum atomic E-state index is 0.228. The predicted octanol–water partition coefficient (Wildman–Crippen LogP) is 2.64. The van der Waals surface area contributed by atoms with Gasteiger partial charge in [-0.25, -0.2) is 0 Å². The zero-order chi connectivity index (χ0) is 13.8. The standard InChI is InChI=1S/C14H19BrN4/c1-4-11-8-14(19(3)18-11)13(16-2)7-12-6-5-10(15)9-17-12/h5-6,8-9,13,16H,4,7H2,1-3H3. The average molecular weight is 323 g/mol. The number of hydrogen-bond donors (Lipinski definition) is 1. The van der Waals surface area contributed by atoms with E-state index >= 15 is 0 Å². The monoisotopic (exact) mass is 322 g/mol. The third kappa shape index (κ3) is 3.42. The van der Waals surface area contributed by atoms with Crippen molar-refractivity contribution in [2.75, 3.05) is 7.05 Å². The second kappa shape index (κ2) is 6.30. The highest BCUT2D eigenvalue weighted by molar-refractivity contribution is 9.10. The lowest BCUT2D eigenvalue weighted by Gasteiger charge is -2.16. The van der Waals surface area contributed by atoms with E-state index in [1.54, 1.807) is 0 Å². The van der Waals surface area contributed by atoms with Gasteiger partial charge in [0, 0.05) is 29.8 Å². The molecule has 2 aromatic rings. The van der Waals surface area contributed by atoms with Gasteiger partial charge in [0.25, 0.3) is 0 Å². The van der Waals surface area contributed by atoms with E-state index < -0.39 is 0 Å². The van der Waals surface area contributed by atoms with Gasteiger partial charge in [0.15, 0.2) is 0 Å². The van der Waals surface area contributed by atoms with Crippen LogP contribution in [0.5, 0.6) is 0 Å². The maximum Gasteiger partial charge on any atom is 0.0625 e. The van der Waals surface area contributed by atoms with Crippen LogP contribution in [0.4, 0.5) is 0 Å². The van der Waals surface area contributed by atoms with Gasteiger partial charge in [-0.05, 0) is 47.6 Å². The summed E-state index contributed by atoms with van der Waals surface area (Å²) in [7, 11) is 3.97. The molecule has 1 N–H and O–H groups in total. The number of halogens is 1. The van der Waals surface area contributed by atoms with Crippen molar-refractivity contribution < 1.29 is 0 Å². The van der Waals surface area contributed by atoms with Gasteiger partial charge >= 0.3 is 0 Å². The Bertz CT molecular complexity index is 533. The smallest absolute Gasteiger partial charge is 0.0625 e. The van der Waals surface area contributed by atoms with Crippen LogP contribution < -0.4 is 5.32 Å². The molecule has 0 radical (unpaired) electrons. The van der Waals surface area contributed by atoms with Crippen LogP contribution in [0.2, 0.25) is 0 Å². The van der Waals surface area contributed by atoms with Crippen molar-refractivity contribution in [3.05, 3.63) is 46.0 Å². The maximum atomic E-state index is 4.50. The molecule has 102 valence electrons. The molecule has 0 spiro atoms. The summed E-state index contributed by atoms with van der Waals surface area (Å²) in [6.45, 7) is 2.12. The van der Waals surface area contributed by atoms with Gasteiger partial charge < -0.3 is 5.32 Å². The van der Waals surface area contributed by atoms with E-state index in [0.717, 1.165) is 28.7 Å². The van der Waals surface area contributed by atoms with Crippen LogP contribution in [0, 0.1) is 0 Å². The summed E-state index contributed by atoms with van der Waals surface area (Å²) in [5, 5.41) is 7.85. The van der Waals surface area contributed by atoms with E-state index in [4.69, 9.17) is 0 Å². The zero-order valence-electron chi connectivity index (χ0n) is 11.5. The van der Waals surface area contributed by atoms with E-state index in [2.05, 4.69) is 44.3 Å². The van der Waals surface area contributed by atoms with Crippen LogP contribution >= 0.6 is 15.9 Å². The molecule has 19 heavy (non-hydrogen) atoms. The fourth-order valence-corrected chi connectivity index (χ4v) is 2.37. The molecule has 0 amide bonds. The maximum absolute atomic E-state index is 4.50. The minimum absolute atomic E-state index is 0.228. The Hall–Kier alpha value is -1.20. The normalized spacial score (nSPS) is 12.6. The number of nitrogens with zero attached hydrogens (tertiary/aromatic N) is 3. The number of nitrogens with one attached hydrogen (secondary N) is 1. The largest absolute Gasteiger partial charge is 0.311 e. The molecule has 0 fully saturated rings. The topological polar surface area (TPSA) is 42.7 Å². The van der Waals surface area contributed by atoms with Gasteiger partial charge in [0.2, 0.25) is 0 Å². The van der Waals surface area contributed by atoms with Crippen LogP contribution in [0.15, 0.2) is 28.9 Å². The Kier molecular flexibility index (Phi) is 4.71. The Morgan fingerprint density at radius 2 is 2.16 bits per heavy atom. The predicted molar refractivity (Wildman–Crippen MR) is 80.0 cm³/mol. The molecule has 1 atom stereocenters. The zero-order valence-corrected chi connectivity index (χ0v) is 13.1. The molecule has 0 saturated carbocycles. The average Bonchev–Trinajstić information content (AvgIpc) is 2.79. The first-order chi connectivity index (χ1) is 9.13. The van der Waals surface area contributed by atoms with E-state index in [-0.39, 0.29) is 6.04 Å². The molecular weight excluding hydrogens is 304 g/mol. The van der Waals surface area contributed by atoms with Crippen molar-refractivity contribution in [3.8, 4) is 0 Å². The Labute approximate surface area is 122 Å². The van der Waals surface area contributed by atoms with Crippen molar-refractivity contribution in [2.45, 2.75) is 25.8 Å². The highest BCUT2D eigenvalue weighted by Crippen LogP contribution is 2.19. The van der Waals surface area contributed by atoms with Crippen LogP contribution in [0.1, 0.15) is 30.0 Å². The summed E-state index contributed by atoms with van der Waals surface area (Å²) in [5.41, 5.74) is 3.40. The van der Waals surface area contributed by atoms with Crippen LogP contribution in [-0.2, 0) is 19.9 Å². The summed E-state index contributed by atoms with van der Waals surface area (Å²) in [6.07, 6.45) is 3.65. The molecule has 0 aromatic carbocycles. The van der Waals surface area contributed by atoms with Gasteiger partial charge in [0.1, 0.15) is 0 Å². The number of hydrogen-bond acceptors (Lipinski definition) is 3. The van der Waals surface area contributed by atoms with Gasteiger partial charge in [-0.15, -0.1) is 0 Å². The number of aromatic nitrogens is 3. The molecule has 0 bridgehead atoms. The molecule has 1 unspecified atom stereocenters. The van der Waals surface area contributed by atoms with Crippen LogP contribution in [-0.4, -0.2) is 21.8 Å². The van der Waals surface area contributed by atoms with Crippen molar-refractivity contribution in [3.63, 3.8) is 0 Å². The third-order valence-corrected chi connectivity index (χ3v) is 3.71. The Balaban J connectivity index is 2.19. The summed E-state index contributed by atoms with van der Waals surface area (Å²) in [4.78, 5) is 4.43. The fraction of sp³-hybridized carbons (Fsp3) is 0.429. The lowest BCUT2D eigenvalue weighted by molar-refractivity contribution is 0.531. The molecule has 2 heterocycles. The first-order valence-electron chi connectivity index (χ1n) is 6.44. The summed E-state index contributed by atoms with van der Waals surface area (Å²) >= 11 is 3.41. The molecule has 4 nitrogen and oxygen atoms in total. The summed E-state index contributed by atoms with van der Waals surface area (Å²) in [6, 6.07) is 6.47. The Morgan fingerprint density at radius 3 is 2.68 bits per heavy atom. The second-order valence-electron chi connectivity index (χ2n) is 4.55. The SMILES string of the molecule is CCc1cc(C(Cc2ccc(Br)cn2)NC)n(C)n1. The third-order valence-electron chi connectivity index (χ3n) is 3.24. The molecular formula is C14H19BrN4. The first kappa shape index (κ1) is 14.2. The molecule has 0 aliphatic heterocycles. The Morgan fingerprint density at radius 1 is 1.37 bits per heavy atom. The molecule has 2 rings (SSSR count).